The van der Waals surface area contributed by atoms with Crippen molar-refractivity contribution < 1.29 is 14.7 Å². The van der Waals surface area contributed by atoms with Crippen molar-refractivity contribution in [2.75, 3.05) is 5.32 Å². The summed E-state index contributed by atoms with van der Waals surface area (Å²) in [5.74, 6) is -1.41. The largest absolute Gasteiger partial charge is 0.478 e. The van der Waals surface area contributed by atoms with Gasteiger partial charge in [0, 0.05) is 16.4 Å². The number of carbonyl (C=O) groups is 2. The average Bonchev–Trinajstić information content (AvgIpc) is 2.76. The number of nitrogens with one attached hydrogen (secondary N) is 1. The summed E-state index contributed by atoms with van der Waals surface area (Å²) in [6.07, 6.45) is 0. The summed E-state index contributed by atoms with van der Waals surface area (Å²) in [7, 11) is 0. The molecular weight excluding hydrogens is 286 g/mol. The van der Waals surface area contributed by atoms with Crippen LogP contribution in [0.4, 0.5) is 5.00 Å². The summed E-state index contributed by atoms with van der Waals surface area (Å²) < 4.78 is 0. The van der Waals surface area contributed by atoms with Gasteiger partial charge in [0.1, 0.15) is 10.6 Å². The molecule has 0 unspecified atom stereocenters. The fourth-order valence-electron chi connectivity index (χ4n) is 2.05. The second-order valence-electron chi connectivity index (χ2n) is 5.05. The zero-order valence-electron chi connectivity index (χ0n) is 12.1. The molecule has 0 aliphatic heterocycles. The van der Waals surface area contributed by atoms with Gasteiger partial charge < -0.3 is 10.4 Å². The molecule has 0 spiro atoms. The molecule has 1 aromatic carbocycles. The second kappa shape index (κ2) is 6.10. The van der Waals surface area contributed by atoms with Gasteiger partial charge in [-0.2, -0.15) is 0 Å². The fourth-order valence-corrected chi connectivity index (χ4v) is 3.12. The predicted molar refractivity (Wildman–Crippen MR) is 84.9 cm³/mol. The molecule has 0 aliphatic rings. The monoisotopic (exact) mass is 303 g/mol. The Kier molecular flexibility index (Phi) is 4.43. The van der Waals surface area contributed by atoms with E-state index in [0.29, 0.717) is 10.6 Å². The van der Waals surface area contributed by atoms with Crippen LogP contribution in [0, 0.1) is 12.8 Å². The van der Waals surface area contributed by atoms with Crippen molar-refractivity contribution in [2.24, 2.45) is 5.92 Å². The number of amides is 1. The molecule has 1 amide bonds. The minimum absolute atomic E-state index is 0.165. The van der Waals surface area contributed by atoms with E-state index >= 15 is 0 Å². The van der Waals surface area contributed by atoms with Crippen molar-refractivity contribution in [3.8, 4) is 11.1 Å². The third-order valence-electron chi connectivity index (χ3n) is 3.12. The summed E-state index contributed by atoms with van der Waals surface area (Å²) >= 11 is 1.30. The Labute approximate surface area is 127 Å². The number of rotatable bonds is 4. The Morgan fingerprint density at radius 1 is 1.19 bits per heavy atom. The number of thiophene rings is 1. The Bertz CT molecular complexity index is 674. The van der Waals surface area contributed by atoms with Crippen LogP contribution < -0.4 is 5.32 Å². The van der Waals surface area contributed by atoms with Gasteiger partial charge in [0.15, 0.2) is 0 Å². The minimum atomic E-state index is -1.03. The van der Waals surface area contributed by atoms with Gasteiger partial charge in [0.2, 0.25) is 5.91 Å². The van der Waals surface area contributed by atoms with Crippen molar-refractivity contribution in [3.05, 3.63) is 40.8 Å². The highest BCUT2D eigenvalue weighted by Crippen LogP contribution is 2.39. The van der Waals surface area contributed by atoms with Gasteiger partial charge in [-0.1, -0.05) is 44.2 Å². The van der Waals surface area contributed by atoms with Gasteiger partial charge in [-0.05, 0) is 12.5 Å². The molecule has 2 aromatic rings. The lowest BCUT2D eigenvalue weighted by Crippen LogP contribution is -2.18. The van der Waals surface area contributed by atoms with Crippen LogP contribution in [0.5, 0.6) is 0 Å². The summed E-state index contributed by atoms with van der Waals surface area (Å²) in [5.41, 5.74) is 1.68. The first-order valence-corrected chi connectivity index (χ1v) is 7.46. The molecule has 0 atom stereocenters. The molecule has 21 heavy (non-hydrogen) atoms. The number of anilines is 1. The molecule has 0 saturated heterocycles. The second-order valence-corrected chi connectivity index (χ2v) is 6.28. The highest BCUT2D eigenvalue weighted by atomic mass is 32.1. The molecule has 0 fully saturated rings. The maximum atomic E-state index is 11.8. The SMILES string of the molecule is Cc1sc(NC(=O)C(C)C)c(C(=O)O)c1-c1ccccc1. The van der Waals surface area contributed by atoms with Crippen molar-refractivity contribution in [2.45, 2.75) is 20.8 Å². The quantitative estimate of drug-likeness (QED) is 0.896. The molecule has 2 rings (SSSR count). The van der Waals surface area contributed by atoms with Gasteiger partial charge in [0.25, 0.3) is 0 Å². The first kappa shape index (κ1) is 15.3. The predicted octanol–water partition coefficient (Wildman–Crippen LogP) is 4.02. The lowest BCUT2D eigenvalue weighted by atomic mass is 10.0. The molecule has 1 heterocycles. The number of aromatic carboxylic acids is 1. The van der Waals surface area contributed by atoms with Crippen molar-refractivity contribution in [3.63, 3.8) is 0 Å². The maximum Gasteiger partial charge on any atom is 0.339 e. The van der Waals surface area contributed by atoms with Gasteiger partial charge in [-0.25, -0.2) is 4.79 Å². The van der Waals surface area contributed by atoms with E-state index in [1.54, 1.807) is 13.8 Å². The van der Waals surface area contributed by atoms with Crippen molar-refractivity contribution in [1.82, 2.24) is 0 Å². The van der Waals surface area contributed by atoms with Gasteiger partial charge in [-0.3, -0.25) is 4.79 Å². The van der Waals surface area contributed by atoms with Gasteiger partial charge >= 0.3 is 5.97 Å². The van der Waals surface area contributed by atoms with Crippen LogP contribution in [-0.2, 0) is 4.79 Å². The average molecular weight is 303 g/mol. The highest BCUT2D eigenvalue weighted by molar-refractivity contribution is 7.17. The van der Waals surface area contributed by atoms with Crippen LogP contribution in [0.1, 0.15) is 29.1 Å². The van der Waals surface area contributed by atoms with Crippen molar-refractivity contribution >= 4 is 28.2 Å². The van der Waals surface area contributed by atoms with E-state index in [-0.39, 0.29) is 17.4 Å². The Hall–Kier alpha value is -2.14. The van der Waals surface area contributed by atoms with Crippen LogP contribution in [0.2, 0.25) is 0 Å². The van der Waals surface area contributed by atoms with E-state index < -0.39 is 5.97 Å². The van der Waals surface area contributed by atoms with Crippen LogP contribution in [0.25, 0.3) is 11.1 Å². The lowest BCUT2D eigenvalue weighted by molar-refractivity contribution is -0.118. The number of aryl methyl sites for hydroxylation is 1. The molecule has 2 N–H and O–H groups in total. The van der Waals surface area contributed by atoms with E-state index in [2.05, 4.69) is 5.32 Å². The summed E-state index contributed by atoms with van der Waals surface area (Å²) in [6.45, 7) is 5.41. The molecule has 110 valence electrons. The van der Waals surface area contributed by atoms with Crippen LogP contribution in [0.15, 0.2) is 30.3 Å². The minimum Gasteiger partial charge on any atom is -0.478 e. The Balaban J connectivity index is 2.55. The molecule has 5 heteroatoms. The molecule has 0 bridgehead atoms. The third kappa shape index (κ3) is 3.13. The Morgan fingerprint density at radius 2 is 1.81 bits per heavy atom. The normalized spacial score (nSPS) is 10.7. The molecular formula is C16H17NO3S. The molecule has 0 saturated carbocycles. The zero-order chi connectivity index (χ0) is 15.6. The molecule has 0 aliphatic carbocycles. The number of carboxylic acid groups (broad SMARTS) is 1. The maximum absolute atomic E-state index is 11.8. The van der Waals surface area contributed by atoms with Gasteiger partial charge in [0.05, 0.1) is 0 Å². The van der Waals surface area contributed by atoms with E-state index in [4.69, 9.17) is 0 Å². The zero-order valence-corrected chi connectivity index (χ0v) is 13.0. The number of benzene rings is 1. The number of hydrogen-bond donors (Lipinski definition) is 2. The van der Waals surface area contributed by atoms with E-state index in [1.807, 2.05) is 37.3 Å². The highest BCUT2D eigenvalue weighted by Gasteiger charge is 2.24. The van der Waals surface area contributed by atoms with Crippen LogP contribution in [-0.4, -0.2) is 17.0 Å². The van der Waals surface area contributed by atoms with Crippen LogP contribution >= 0.6 is 11.3 Å². The number of carboxylic acids is 1. The molecule has 0 radical (unpaired) electrons. The lowest BCUT2D eigenvalue weighted by Gasteiger charge is -2.07. The summed E-state index contributed by atoms with van der Waals surface area (Å²) in [6, 6.07) is 9.35. The number of carbonyl (C=O) groups excluding carboxylic acids is 1. The van der Waals surface area contributed by atoms with Gasteiger partial charge in [-0.15, -0.1) is 11.3 Å². The van der Waals surface area contributed by atoms with E-state index in [1.165, 1.54) is 11.3 Å². The third-order valence-corrected chi connectivity index (χ3v) is 4.14. The first-order valence-electron chi connectivity index (χ1n) is 6.64. The fraction of sp³-hybridized carbons (Fsp3) is 0.250. The number of hydrogen-bond acceptors (Lipinski definition) is 3. The van der Waals surface area contributed by atoms with Crippen LogP contribution in [0.3, 0.4) is 0 Å². The van der Waals surface area contributed by atoms with E-state index in [9.17, 15) is 14.7 Å². The summed E-state index contributed by atoms with van der Waals surface area (Å²) in [5, 5.41) is 12.6. The Morgan fingerprint density at radius 3 is 2.33 bits per heavy atom. The smallest absolute Gasteiger partial charge is 0.339 e. The first-order chi connectivity index (χ1) is 9.91. The van der Waals surface area contributed by atoms with E-state index in [0.717, 1.165) is 10.4 Å². The standard InChI is InChI=1S/C16H17NO3S/c1-9(2)14(18)17-15-13(16(19)20)12(10(3)21-15)11-7-5-4-6-8-11/h4-9H,1-3H3,(H,17,18)(H,19,20). The molecule has 1 aromatic heterocycles. The molecule has 4 nitrogen and oxygen atoms in total. The van der Waals surface area contributed by atoms with Crippen molar-refractivity contribution in [1.29, 1.82) is 0 Å². The topological polar surface area (TPSA) is 66.4 Å². The summed E-state index contributed by atoms with van der Waals surface area (Å²) in [4.78, 5) is 24.4.